The average Bonchev–Trinajstić information content (AvgIpc) is 3.66. The first-order chi connectivity index (χ1) is 19.5. The van der Waals surface area contributed by atoms with Crippen LogP contribution in [0.2, 0.25) is 0 Å². The summed E-state index contributed by atoms with van der Waals surface area (Å²) >= 11 is 1.51. The fraction of sp³-hybridized carbons (Fsp3) is 0.387. The number of carbonyl (C=O) groups excluding carboxylic acids is 3. The van der Waals surface area contributed by atoms with Gasteiger partial charge in [0, 0.05) is 49.1 Å². The summed E-state index contributed by atoms with van der Waals surface area (Å²) in [5, 5.41) is 8.28. The zero-order valence-electron chi connectivity index (χ0n) is 22.9. The van der Waals surface area contributed by atoms with Crippen LogP contribution in [0.3, 0.4) is 0 Å². The Morgan fingerprint density at radius 2 is 1.73 bits per heavy atom. The molecule has 0 bridgehead atoms. The van der Waals surface area contributed by atoms with E-state index in [1.54, 1.807) is 36.3 Å². The first kappa shape index (κ1) is 27.9. The number of likely N-dealkylation sites (tertiary alicyclic amines) is 1. The largest absolute Gasteiger partial charge is 0.497 e. The first-order valence-electron chi connectivity index (χ1n) is 13.9. The minimum atomic E-state index is -0.836. The van der Waals surface area contributed by atoms with Crippen molar-refractivity contribution in [1.82, 2.24) is 20.4 Å². The van der Waals surface area contributed by atoms with Crippen LogP contribution in [-0.4, -0.2) is 73.4 Å². The summed E-state index contributed by atoms with van der Waals surface area (Å²) in [4.78, 5) is 47.3. The molecule has 8 nitrogen and oxygen atoms in total. The number of ether oxygens (including phenoxy) is 1. The summed E-state index contributed by atoms with van der Waals surface area (Å²) < 4.78 is 5.32. The molecular weight excluding hydrogens is 524 g/mol. The number of Topliss-reactive ketones (excluding diaryl/α,β-unsaturated/α-hetero) is 1. The second-order valence-electron chi connectivity index (χ2n) is 10.2. The molecule has 2 aliphatic rings. The number of hydrogen-bond donors (Lipinski definition) is 2. The van der Waals surface area contributed by atoms with E-state index in [4.69, 9.17) is 4.74 Å². The minimum Gasteiger partial charge on any atom is -0.497 e. The van der Waals surface area contributed by atoms with Crippen molar-refractivity contribution in [2.24, 2.45) is 5.92 Å². The zero-order chi connectivity index (χ0) is 28.1. The maximum absolute atomic E-state index is 14.5. The van der Waals surface area contributed by atoms with Gasteiger partial charge in [-0.2, -0.15) is 0 Å². The van der Waals surface area contributed by atoms with Crippen LogP contribution >= 0.6 is 11.3 Å². The van der Waals surface area contributed by atoms with Crippen LogP contribution in [0.5, 0.6) is 5.75 Å². The molecule has 0 saturated carbocycles. The van der Waals surface area contributed by atoms with Gasteiger partial charge in [-0.15, -0.1) is 11.3 Å². The van der Waals surface area contributed by atoms with E-state index < -0.39 is 23.9 Å². The van der Waals surface area contributed by atoms with Crippen LogP contribution in [0.25, 0.3) is 0 Å². The quantitative estimate of drug-likeness (QED) is 0.401. The molecule has 5 rings (SSSR count). The predicted molar refractivity (Wildman–Crippen MR) is 156 cm³/mol. The minimum absolute atomic E-state index is 0.0983. The zero-order valence-corrected chi connectivity index (χ0v) is 23.7. The van der Waals surface area contributed by atoms with Crippen molar-refractivity contribution < 1.29 is 19.1 Å². The summed E-state index contributed by atoms with van der Waals surface area (Å²) in [6.45, 7) is 4.98. The Labute approximate surface area is 239 Å². The van der Waals surface area contributed by atoms with E-state index in [0.29, 0.717) is 44.0 Å². The number of urea groups is 1. The molecule has 0 aliphatic carbocycles. The molecule has 40 heavy (non-hydrogen) atoms. The number of ketones is 1. The number of piperazine rings is 1. The van der Waals surface area contributed by atoms with Gasteiger partial charge in [0.1, 0.15) is 11.8 Å². The van der Waals surface area contributed by atoms with E-state index in [9.17, 15) is 14.4 Å². The molecule has 3 amide bonds. The van der Waals surface area contributed by atoms with Crippen LogP contribution in [0.1, 0.15) is 46.1 Å². The third-order valence-corrected chi connectivity index (χ3v) is 8.75. The number of thiophene rings is 1. The molecule has 3 heterocycles. The Balaban J connectivity index is 1.69. The number of methoxy groups -OCH3 is 1. The van der Waals surface area contributed by atoms with Crippen molar-refractivity contribution in [3.8, 4) is 5.75 Å². The number of rotatable bonds is 8. The van der Waals surface area contributed by atoms with Crippen molar-refractivity contribution in [1.29, 1.82) is 0 Å². The van der Waals surface area contributed by atoms with Crippen molar-refractivity contribution >= 4 is 29.1 Å². The number of amides is 3. The van der Waals surface area contributed by atoms with E-state index >= 15 is 0 Å². The first-order valence-corrected chi connectivity index (χ1v) is 14.8. The Morgan fingerprint density at radius 3 is 2.35 bits per heavy atom. The number of nitrogens with one attached hydrogen (secondary N) is 2. The molecule has 4 atom stereocenters. The van der Waals surface area contributed by atoms with Crippen molar-refractivity contribution in [2.75, 3.05) is 39.8 Å². The average molecular weight is 561 g/mol. The third-order valence-electron chi connectivity index (χ3n) is 7.81. The Kier molecular flexibility index (Phi) is 8.81. The second kappa shape index (κ2) is 12.7. The van der Waals surface area contributed by atoms with E-state index in [2.05, 4.69) is 10.6 Å². The van der Waals surface area contributed by atoms with E-state index in [1.165, 1.54) is 11.3 Å². The highest BCUT2D eigenvalue weighted by atomic mass is 32.1. The molecule has 1 aromatic heterocycles. The lowest BCUT2D eigenvalue weighted by Gasteiger charge is -2.36. The molecule has 0 spiro atoms. The normalized spacial score (nSPS) is 22.6. The summed E-state index contributed by atoms with van der Waals surface area (Å²) in [6.07, 6.45) is 0.760. The van der Waals surface area contributed by atoms with Crippen molar-refractivity contribution in [3.05, 3.63) is 88.1 Å². The Hall–Kier alpha value is -3.69. The smallest absolute Gasteiger partial charge is 0.318 e. The number of nitrogens with zero attached hydrogens (tertiary/aromatic N) is 2. The standard InChI is InChI=1S/C31H36N4O4S/c1-3-15-33-31(38)35-27(24-10-7-20-40-24)26(29(36)22-11-13-23(39-2)14-12-22)25(21-8-5-4-6-9-21)28(35)30(37)34-18-16-32-17-19-34/h4-14,20,25-28,32H,3,15-19H2,1-2H3,(H,33,38). The lowest BCUT2D eigenvalue weighted by Crippen LogP contribution is -2.56. The maximum Gasteiger partial charge on any atom is 0.318 e. The molecule has 2 N–H and O–H groups in total. The number of carbonyl (C=O) groups is 3. The second-order valence-corrected chi connectivity index (χ2v) is 11.2. The third kappa shape index (κ3) is 5.48. The van der Waals surface area contributed by atoms with E-state index in [1.807, 2.05) is 59.7 Å². The van der Waals surface area contributed by atoms with Crippen molar-refractivity contribution in [3.63, 3.8) is 0 Å². The van der Waals surface area contributed by atoms with E-state index in [0.717, 1.165) is 16.9 Å². The van der Waals surface area contributed by atoms with Crippen LogP contribution in [-0.2, 0) is 4.79 Å². The Bertz CT molecular complexity index is 1290. The molecule has 2 aliphatic heterocycles. The molecule has 4 unspecified atom stereocenters. The molecule has 210 valence electrons. The number of hydrogen-bond acceptors (Lipinski definition) is 6. The Morgan fingerprint density at radius 1 is 1.00 bits per heavy atom. The van der Waals surface area contributed by atoms with Gasteiger partial charge in [-0.25, -0.2) is 4.79 Å². The molecule has 3 aromatic rings. The van der Waals surface area contributed by atoms with Gasteiger partial charge < -0.3 is 25.2 Å². The fourth-order valence-corrected chi connectivity index (χ4v) is 6.80. The number of benzene rings is 2. The van der Waals surface area contributed by atoms with Crippen LogP contribution in [0, 0.1) is 5.92 Å². The van der Waals surface area contributed by atoms with Gasteiger partial charge in [0.05, 0.1) is 19.1 Å². The SMILES string of the molecule is CCCNC(=O)N1C(C(=O)N2CCNCC2)C(c2ccccc2)C(C(=O)c2ccc(OC)cc2)C1c1cccs1. The van der Waals surface area contributed by atoms with Gasteiger partial charge in [-0.3, -0.25) is 9.59 Å². The summed E-state index contributed by atoms with van der Waals surface area (Å²) in [5.41, 5.74) is 1.40. The molecular formula is C31H36N4O4S. The highest BCUT2D eigenvalue weighted by Gasteiger charge is 2.58. The van der Waals surface area contributed by atoms with Crippen molar-refractivity contribution in [2.45, 2.75) is 31.3 Å². The van der Waals surface area contributed by atoms with Gasteiger partial charge in [-0.1, -0.05) is 43.3 Å². The lowest BCUT2D eigenvalue weighted by molar-refractivity contribution is -0.136. The summed E-state index contributed by atoms with van der Waals surface area (Å²) in [7, 11) is 1.59. The highest BCUT2D eigenvalue weighted by Crippen LogP contribution is 2.52. The van der Waals surface area contributed by atoms with E-state index in [-0.39, 0.29) is 17.7 Å². The van der Waals surface area contributed by atoms with Crippen LogP contribution in [0.15, 0.2) is 72.1 Å². The van der Waals surface area contributed by atoms with Gasteiger partial charge in [-0.05, 0) is 47.7 Å². The lowest BCUT2D eigenvalue weighted by atomic mass is 9.77. The molecule has 2 fully saturated rings. The van der Waals surface area contributed by atoms with Gasteiger partial charge >= 0.3 is 6.03 Å². The monoisotopic (exact) mass is 560 g/mol. The van der Waals surface area contributed by atoms with Gasteiger partial charge in [0.15, 0.2) is 5.78 Å². The molecule has 0 radical (unpaired) electrons. The fourth-order valence-electron chi connectivity index (χ4n) is 5.93. The van der Waals surface area contributed by atoms with Gasteiger partial charge in [0.2, 0.25) is 5.91 Å². The maximum atomic E-state index is 14.5. The topological polar surface area (TPSA) is 91.0 Å². The summed E-state index contributed by atoms with van der Waals surface area (Å²) in [6, 6.07) is 18.9. The molecule has 2 saturated heterocycles. The van der Waals surface area contributed by atoms with Crippen LogP contribution < -0.4 is 15.4 Å². The predicted octanol–water partition coefficient (Wildman–Crippen LogP) is 4.32. The van der Waals surface area contributed by atoms with Crippen LogP contribution in [0.4, 0.5) is 4.79 Å². The highest BCUT2D eigenvalue weighted by molar-refractivity contribution is 7.10. The van der Waals surface area contributed by atoms with Gasteiger partial charge in [0.25, 0.3) is 0 Å². The molecule has 9 heteroatoms. The summed E-state index contributed by atoms with van der Waals surface area (Å²) in [5.74, 6) is -0.756. The molecule has 2 aromatic carbocycles.